The molecule has 104 valence electrons. The first-order valence-corrected chi connectivity index (χ1v) is 7.20. The molecule has 4 nitrogen and oxygen atoms in total. The van der Waals surface area contributed by atoms with Gasteiger partial charge in [-0.05, 0) is 24.1 Å². The summed E-state index contributed by atoms with van der Waals surface area (Å²) < 4.78 is 2.11. The van der Waals surface area contributed by atoms with Gasteiger partial charge in [0.05, 0.1) is 11.7 Å². The van der Waals surface area contributed by atoms with Crippen molar-refractivity contribution in [3.8, 4) is 11.3 Å². The summed E-state index contributed by atoms with van der Waals surface area (Å²) in [4.78, 5) is 4.07. The molecule has 1 aliphatic rings. The molecule has 0 spiro atoms. The Morgan fingerprint density at radius 1 is 1.05 bits per heavy atom. The van der Waals surface area contributed by atoms with Gasteiger partial charge in [-0.1, -0.05) is 30.3 Å². The lowest BCUT2D eigenvalue weighted by Crippen LogP contribution is -2.24. The average molecular weight is 276 g/mol. The third-order valence-electron chi connectivity index (χ3n) is 3.92. The largest absolute Gasteiger partial charge is 0.370 e. The van der Waals surface area contributed by atoms with Crippen molar-refractivity contribution in [2.24, 2.45) is 0 Å². The molecule has 2 aromatic heterocycles. The molecule has 0 radical (unpaired) electrons. The summed E-state index contributed by atoms with van der Waals surface area (Å²) in [5.74, 6) is 1.09. The Kier molecular flexibility index (Phi) is 2.92. The third-order valence-corrected chi connectivity index (χ3v) is 3.92. The van der Waals surface area contributed by atoms with Crippen molar-refractivity contribution in [3.05, 3.63) is 66.5 Å². The number of fused-ring (bicyclic) bond motifs is 1. The summed E-state index contributed by atoms with van der Waals surface area (Å²) in [6.45, 7) is 0.973. The minimum atomic E-state index is 0.304. The number of hydrogen-bond acceptors (Lipinski definition) is 3. The van der Waals surface area contributed by atoms with E-state index >= 15 is 0 Å². The first-order valence-electron chi connectivity index (χ1n) is 7.20. The van der Waals surface area contributed by atoms with Gasteiger partial charge in [0.1, 0.15) is 5.82 Å². The number of pyridine rings is 1. The van der Waals surface area contributed by atoms with Crippen molar-refractivity contribution in [3.63, 3.8) is 0 Å². The average Bonchev–Trinajstić information content (AvgIpc) is 3.00. The van der Waals surface area contributed by atoms with Crippen LogP contribution < -0.4 is 5.32 Å². The standard InChI is InChI=1S/C17H16N4/c1-2-4-14(5-3-1)16-8-11-19-17-12-15(20-21(16)17)13-6-9-18-10-7-13/h1-7,9-10,12,16,19H,8,11H2. The Bertz CT molecular complexity index is 734. The minimum absolute atomic E-state index is 0.304. The van der Waals surface area contributed by atoms with Crippen LogP contribution >= 0.6 is 0 Å². The van der Waals surface area contributed by atoms with E-state index in [9.17, 15) is 0 Å². The molecule has 4 rings (SSSR count). The zero-order chi connectivity index (χ0) is 14.1. The zero-order valence-corrected chi connectivity index (χ0v) is 11.6. The highest BCUT2D eigenvalue weighted by molar-refractivity contribution is 5.63. The summed E-state index contributed by atoms with van der Waals surface area (Å²) in [6, 6.07) is 17.0. The first-order chi connectivity index (χ1) is 10.4. The molecule has 1 aliphatic heterocycles. The maximum Gasteiger partial charge on any atom is 0.125 e. The molecule has 4 heteroatoms. The van der Waals surface area contributed by atoms with Gasteiger partial charge in [-0.25, -0.2) is 4.68 Å². The molecule has 0 amide bonds. The third kappa shape index (κ3) is 2.18. The van der Waals surface area contributed by atoms with Crippen LogP contribution in [-0.2, 0) is 0 Å². The fourth-order valence-corrected chi connectivity index (χ4v) is 2.87. The number of nitrogens with one attached hydrogen (secondary N) is 1. The van der Waals surface area contributed by atoms with Crippen LogP contribution in [0.25, 0.3) is 11.3 Å². The molecule has 0 bridgehead atoms. The van der Waals surface area contributed by atoms with Crippen molar-refractivity contribution in [2.45, 2.75) is 12.5 Å². The predicted octanol–water partition coefficient (Wildman–Crippen LogP) is 3.35. The molecular weight excluding hydrogens is 260 g/mol. The Morgan fingerprint density at radius 3 is 2.67 bits per heavy atom. The van der Waals surface area contributed by atoms with E-state index in [0.29, 0.717) is 6.04 Å². The van der Waals surface area contributed by atoms with Gasteiger partial charge >= 0.3 is 0 Å². The number of benzene rings is 1. The number of rotatable bonds is 2. The maximum absolute atomic E-state index is 4.81. The molecule has 3 heterocycles. The van der Waals surface area contributed by atoms with E-state index in [4.69, 9.17) is 5.10 Å². The lowest BCUT2D eigenvalue weighted by atomic mass is 10.0. The molecule has 0 saturated heterocycles. The highest BCUT2D eigenvalue weighted by atomic mass is 15.4. The van der Waals surface area contributed by atoms with Crippen LogP contribution in [0.1, 0.15) is 18.0 Å². The van der Waals surface area contributed by atoms with Crippen LogP contribution in [0.2, 0.25) is 0 Å². The Hall–Kier alpha value is -2.62. The Balaban J connectivity index is 1.77. The van der Waals surface area contributed by atoms with Crippen LogP contribution in [0.4, 0.5) is 5.82 Å². The van der Waals surface area contributed by atoms with E-state index in [2.05, 4.69) is 51.4 Å². The first kappa shape index (κ1) is 12.1. The summed E-state index contributed by atoms with van der Waals surface area (Å²) in [5.41, 5.74) is 3.40. The van der Waals surface area contributed by atoms with E-state index in [1.54, 1.807) is 12.4 Å². The molecule has 1 aromatic carbocycles. The fraction of sp³-hybridized carbons (Fsp3) is 0.176. The van der Waals surface area contributed by atoms with E-state index in [-0.39, 0.29) is 0 Å². The van der Waals surface area contributed by atoms with Gasteiger partial charge in [-0.3, -0.25) is 4.98 Å². The van der Waals surface area contributed by atoms with Crippen LogP contribution in [0.3, 0.4) is 0 Å². The smallest absolute Gasteiger partial charge is 0.125 e. The molecule has 1 unspecified atom stereocenters. The number of hydrogen-bond donors (Lipinski definition) is 1. The quantitative estimate of drug-likeness (QED) is 0.780. The second-order valence-corrected chi connectivity index (χ2v) is 5.24. The van der Waals surface area contributed by atoms with Crippen molar-refractivity contribution >= 4 is 5.82 Å². The maximum atomic E-state index is 4.81. The van der Waals surface area contributed by atoms with E-state index < -0.39 is 0 Å². The lowest BCUT2D eigenvalue weighted by molar-refractivity contribution is 0.483. The predicted molar refractivity (Wildman–Crippen MR) is 83.1 cm³/mol. The molecule has 0 aliphatic carbocycles. The van der Waals surface area contributed by atoms with Gasteiger partial charge in [0.15, 0.2) is 0 Å². The van der Waals surface area contributed by atoms with Crippen LogP contribution in [0.5, 0.6) is 0 Å². The van der Waals surface area contributed by atoms with Crippen molar-refractivity contribution < 1.29 is 0 Å². The Labute approximate surface area is 123 Å². The molecule has 0 saturated carbocycles. The van der Waals surface area contributed by atoms with Gasteiger partial charge in [-0.2, -0.15) is 5.10 Å². The van der Waals surface area contributed by atoms with E-state index in [1.807, 2.05) is 12.1 Å². The molecule has 3 aromatic rings. The van der Waals surface area contributed by atoms with Gasteiger partial charge in [0, 0.05) is 30.6 Å². The number of aromatic nitrogens is 3. The van der Waals surface area contributed by atoms with E-state index in [0.717, 1.165) is 30.0 Å². The monoisotopic (exact) mass is 276 g/mol. The van der Waals surface area contributed by atoms with Crippen LogP contribution in [-0.4, -0.2) is 21.3 Å². The van der Waals surface area contributed by atoms with Gasteiger partial charge in [0.25, 0.3) is 0 Å². The van der Waals surface area contributed by atoms with Crippen LogP contribution in [0.15, 0.2) is 60.9 Å². The topological polar surface area (TPSA) is 42.7 Å². The van der Waals surface area contributed by atoms with Gasteiger partial charge in [0.2, 0.25) is 0 Å². The summed E-state index contributed by atoms with van der Waals surface area (Å²) in [7, 11) is 0. The summed E-state index contributed by atoms with van der Waals surface area (Å²) in [5, 5.41) is 8.24. The van der Waals surface area contributed by atoms with Crippen molar-refractivity contribution in [1.29, 1.82) is 0 Å². The second-order valence-electron chi connectivity index (χ2n) is 5.24. The molecule has 21 heavy (non-hydrogen) atoms. The summed E-state index contributed by atoms with van der Waals surface area (Å²) >= 11 is 0. The molecule has 1 atom stereocenters. The summed E-state index contributed by atoms with van der Waals surface area (Å²) in [6.07, 6.45) is 4.65. The second kappa shape index (κ2) is 5.05. The lowest BCUT2D eigenvalue weighted by Gasteiger charge is -2.25. The molecular formula is C17H16N4. The molecule has 1 N–H and O–H groups in total. The normalized spacial score (nSPS) is 17.0. The van der Waals surface area contributed by atoms with Gasteiger partial charge < -0.3 is 5.32 Å². The molecule has 0 fully saturated rings. The Morgan fingerprint density at radius 2 is 1.86 bits per heavy atom. The zero-order valence-electron chi connectivity index (χ0n) is 11.6. The van der Waals surface area contributed by atoms with Crippen molar-refractivity contribution in [1.82, 2.24) is 14.8 Å². The van der Waals surface area contributed by atoms with Gasteiger partial charge in [-0.15, -0.1) is 0 Å². The SMILES string of the molecule is c1ccc(C2CCNc3cc(-c4ccncc4)nn32)cc1. The van der Waals surface area contributed by atoms with Crippen LogP contribution in [0, 0.1) is 0 Å². The van der Waals surface area contributed by atoms with Crippen molar-refractivity contribution in [2.75, 3.05) is 11.9 Å². The highest BCUT2D eigenvalue weighted by Gasteiger charge is 2.23. The fourth-order valence-electron chi connectivity index (χ4n) is 2.87. The highest BCUT2D eigenvalue weighted by Crippen LogP contribution is 2.32. The minimum Gasteiger partial charge on any atom is -0.370 e. The number of nitrogens with zero attached hydrogens (tertiary/aromatic N) is 3. The van der Waals surface area contributed by atoms with E-state index in [1.165, 1.54) is 5.56 Å². The number of anilines is 1.